The Morgan fingerprint density at radius 2 is 1.91 bits per heavy atom. The predicted molar refractivity (Wildman–Crippen MR) is 81.5 cm³/mol. The van der Waals surface area contributed by atoms with Crippen LogP contribution in [0.2, 0.25) is 0 Å². The average molecular weight is 300 g/mol. The fourth-order valence-electron chi connectivity index (χ4n) is 2.61. The van der Waals surface area contributed by atoms with Gasteiger partial charge in [-0.25, -0.2) is 4.79 Å². The lowest BCUT2D eigenvalue weighted by Gasteiger charge is -2.31. The van der Waals surface area contributed by atoms with Gasteiger partial charge in [0.1, 0.15) is 0 Å². The SMILES string of the molecule is N#Cc1ccc(CNC(=O)N2CCC(CC(N)=O)CC2)cc1. The lowest BCUT2D eigenvalue weighted by atomic mass is 9.93. The van der Waals surface area contributed by atoms with Gasteiger partial charge >= 0.3 is 6.03 Å². The Bertz CT molecular complexity index is 569. The number of benzene rings is 1. The molecule has 0 saturated carbocycles. The van der Waals surface area contributed by atoms with Gasteiger partial charge in [-0.15, -0.1) is 0 Å². The van der Waals surface area contributed by atoms with Crippen LogP contribution >= 0.6 is 0 Å². The van der Waals surface area contributed by atoms with Gasteiger partial charge in [0.15, 0.2) is 0 Å². The quantitative estimate of drug-likeness (QED) is 0.878. The number of primary amides is 1. The van der Waals surface area contributed by atoms with E-state index < -0.39 is 0 Å². The molecular weight excluding hydrogens is 280 g/mol. The minimum absolute atomic E-state index is 0.0955. The topological polar surface area (TPSA) is 99.2 Å². The number of hydrogen-bond donors (Lipinski definition) is 2. The summed E-state index contributed by atoms with van der Waals surface area (Å²) in [6.45, 7) is 1.74. The Morgan fingerprint density at radius 3 is 2.45 bits per heavy atom. The Kier molecular flexibility index (Phi) is 5.37. The second-order valence-electron chi connectivity index (χ2n) is 5.57. The molecular formula is C16H20N4O2. The number of nitrogens with one attached hydrogen (secondary N) is 1. The first kappa shape index (κ1) is 15.8. The lowest BCUT2D eigenvalue weighted by molar-refractivity contribution is -0.119. The molecule has 0 radical (unpaired) electrons. The molecule has 0 atom stereocenters. The molecule has 6 heteroatoms. The van der Waals surface area contributed by atoms with Gasteiger partial charge in [-0.1, -0.05) is 12.1 Å². The summed E-state index contributed by atoms with van der Waals surface area (Å²) in [5.74, 6) is 0.0174. The molecule has 1 aliphatic heterocycles. The summed E-state index contributed by atoms with van der Waals surface area (Å²) in [6, 6.07) is 9.09. The van der Waals surface area contributed by atoms with Gasteiger partial charge < -0.3 is 16.0 Å². The maximum atomic E-state index is 12.1. The Labute approximate surface area is 129 Å². The number of nitriles is 1. The summed E-state index contributed by atoms with van der Waals surface area (Å²) in [7, 11) is 0. The van der Waals surface area contributed by atoms with Crippen molar-refractivity contribution in [2.45, 2.75) is 25.8 Å². The molecule has 1 saturated heterocycles. The summed E-state index contributed by atoms with van der Waals surface area (Å²) < 4.78 is 0. The molecule has 116 valence electrons. The summed E-state index contributed by atoms with van der Waals surface area (Å²) in [4.78, 5) is 24.8. The fraction of sp³-hybridized carbons (Fsp3) is 0.438. The number of urea groups is 1. The minimum Gasteiger partial charge on any atom is -0.370 e. The normalized spacial score (nSPS) is 15.1. The van der Waals surface area contributed by atoms with Crippen molar-refractivity contribution in [3.8, 4) is 6.07 Å². The van der Waals surface area contributed by atoms with Crippen LogP contribution in [-0.2, 0) is 11.3 Å². The molecule has 3 amide bonds. The number of nitrogens with two attached hydrogens (primary N) is 1. The molecule has 1 aromatic carbocycles. The number of amides is 3. The van der Waals surface area contributed by atoms with E-state index in [0.717, 1.165) is 18.4 Å². The highest BCUT2D eigenvalue weighted by molar-refractivity contribution is 5.75. The molecule has 2 rings (SSSR count). The van der Waals surface area contributed by atoms with E-state index in [2.05, 4.69) is 11.4 Å². The van der Waals surface area contributed by atoms with Crippen LogP contribution in [0.25, 0.3) is 0 Å². The van der Waals surface area contributed by atoms with Crippen LogP contribution in [0.1, 0.15) is 30.4 Å². The van der Waals surface area contributed by atoms with E-state index in [-0.39, 0.29) is 11.9 Å². The molecule has 22 heavy (non-hydrogen) atoms. The number of likely N-dealkylation sites (tertiary alicyclic amines) is 1. The van der Waals surface area contributed by atoms with Gasteiger partial charge in [-0.3, -0.25) is 4.79 Å². The minimum atomic E-state index is -0.274. The van der Waals surface area contributed by atoms with Crippen molar-refractivity contribution < 1.29 is 9.59 Å². The molecule has 1 fully saturated rings. The standard InChI is InChI=1S/C16H20N4O2/c17-10-13-1-3-14(4-2-13)11-19-16(22)20-7-5-12(6-8-20)9-15(18)21/h1-4,12H,5-9,11H2,(H2,18,21)(H,19,22). The number of rotatable bonds is 4. The summed E-state index contributed by atoms with van der Waals surface area (Å²) in [6.07, 6.45) is 2.03. The molecule has 3 N–H and O–H groups in total. The second kappa shape index (κ2) is 7.46. The first-order valence-electron chi connectivity index (χ1n) is 7.38. The van der Waals surface area contributed by atoms with Gasteiger partial charge in [0, 0.05) is 26.1 Å². The van der Waals surface area contributed by atoms with E-state index in [9.17, 15) is 9.59 Å². The molecule has 1 aromatic rings. The number of piperidine rings is 1. The number of nitrogens with zero attached hydrogens (tertiary/aromatic N) is 2. The Balaban J connectivity index is 1.76. The Morgan fingerprint density at radius 1 is 1.27 bits per heavy atom. The van der Waals surface area contributed by atoms with Crippen molar-refractivity contribution in [3.05, 3.63) is 35.4 Å². The fourth-order valence-corrected chi connectivity index (χ4v) is 2.61. The smallest absolute Gasteiger partial charge is 0.317 e. The molecule has 0 unspecified atom stereocenters. The first-order valence-corrected chi connectivity index (χ1v) is 7.38. The zero-order valence-corrected chi connectivity index (χ0v) is 12.4. The van der Waals surface area contributed by atoms with Crippen molar-refractivity contribution in [2.24, 2.45) is 11.7 Å². The van der Waals surface area contributed by atoms with E-state index >= 15 is 0 Å². The number of carbonyl (C=O) groups excluding carboxylic acids is 2. The van der Waals surface area contributed by atoms with Gasteiger partial charge in [-0.05, 0) is 36.5 Å². The monoisotopic (exact) mass is 300 g/mol. The van der Waals surface area contributed by atoms with E-state index in [1.54, 1.807) is 17.0 Å². The van der Waals surface area contributed by atoms with Crippen molar-refractivity contribution in [1.29, 1.82) is 5.26 Å². The zero-order valence-electron chi connectivity index (χ0n) is 12.4. The average Bonchev–Trinajstić information content (AvgIpc) is 2.53. The molecule has 0 aromatic heterocycles. The molecule has 0 spiro atoms. The van der Waals surface area contributed by atoms with E-state index in [0.29, 0.717) is 37.5 Å². The summed E-state index contributed by atoms with van der Waals surface area (Å²) in [5.41, 5.74) is 6.76. The molecule has 1 heterocycles. The van der Waals surface area contributed by atoms with Crippen molar-refractivity contribution in [1.82, 2.24) is 10.2 Å². The highest BCUT2D eigenvalue weighted by atomic mass is 16.2. The van der Waals surface area contributed by atoms with Gasteiger partial charge in [-0.2, -0.15) is 5.26 Å². The van der Waals surface area contributed by atoms with Crippen molar-refractivity contribution >= 4 is 11.9 Å². The van der Waals surface area contributed by atoms with Gasteiger partial charge in [0.2, 0.25) is 5.91 Å². The van der Waals surface area contributed by atoms with Crippen LogP contribution in [0.15, 0.2) is 24.3 Å². The first-order chi connectivity index (χ1) is 10.6. The van der Waals surface area contributed by atoms with Crippen LogP contribution in [-0.4, -0.2) is 29.9 Å². The lowest BCUT2D eigenvalue weighted by Crippen LogP contribution is -2.44. The summed E-state index contributed by atoms with van der Waals surface area (Å²) >= 11 is 0. The number of hydrogen-bond acceptors (Lipinski definition) is 3. The van der Waals surface area contributed by atoms with Crippen LogP contribution in [0.3, 0.4) is 0 Å². The maximum absolute atomic E-state index is 12.1. The third-order valence-corrected chi connectivity index (χ3v) is 3.92. The number of carbonyl (C=O) groups is 2. The van der Waals surface area contributed by atoms with E-state index in [4.69, 9.17) is 11.0 Å². The maximum Gasteiger partial charge on any atom is 0.317 e. The third-order valence-electron chi connectivity index (χ3n) is 3.92. The van der Waals surface area contributed by atoms with Gasteiger partial charge in [0.05, 0.1) is 11.6 Å². The second-order valence-corrected chi connectivity index (χ2v) is 5.57. The highest BCUT2D eigenvalue weighted by Crippen LogP contribution is 2.20. The molecule has 1 aliphatic rings. The van der Waals surface area contributed by atoms with Crippen LogP contribution in [0.5, 0.6) is 0 Å². The summed E-state index contributed by atoms with van der Waals surface area (Å²) in [5, 5.41) is 11.6. The molecule has 6 nitrogen and oxygen atoms in total. The van der Waals surface area contributed by atoms with Crippen LogP contribution in [0, 0.1) is 17.2 Å². The Hall–Kier alpha value is -2.55. The van der Waals surface area contributed by atoms with Crippen LogP contribution < -0.4 is 11.1 Å². The third kappa shape index (κ3) is 4.48. The van der Waals surface area contributed by atoms with Crippen LogP contribution in [0.4, 0.5) is 4.79 Å². The predicted octanol–water partition coefficient (Wildman–Crippen LogP) is 1.36. The largest absolute Gasteiger partial charge is 0.370 e. The van der Waals surface area contributed by atoms with E-state index in [1.807, 2.05) is 12.1 Å². The zero-order chi connectivity index (χ0) is 15.9. The molecule has 0 bridgehead atoms. The highest BCUT2D eigenvalue weighted by Gasteiger charge is 2.23. The van der Waals surface area contributed by atoms with Crippen molar-refractivity contribution in [2.75, 3.05) is 13.1 Å². The van der Waals surface area contributed by atoms with Gasteiger partial charge in [0.25, 0.3) is 0 Å². The molecule has 0 aliphatic carbocycles. The van der Waals surface area contributed by atoms with E-state index in [1.165, 1.54) is 0 Å². The van der Waals surface area contributed by atoms with Crippen molar-refractivity contribution in [3.63, 3.8) is 0 Å².